The summed E-state index contributed by atoms with van der Waals surface area (Å²) >= 11 is 0. The molecule has 0 unspecified atom stereocenters. The molecule has 14 heteroatoms. The molecular weight excluding hydrogens is 626 g/mol. The van der Waals surface area contributed by atoms with Crippen LogP contribution in [-0.2, 0) is 11.3 Å². The zero-order valence-electron chi connectivity index (χ0n) is 28.3. The lowest BCUT2D eigenvalue weighted by atomic mass is 10.0. The summed E-state index contributed by atoms with van der Waals surface area (Å²) < 4.78 is 56.1. The molecular formula is C34H44F2N6O6. The molecule has 2 fully saturated rings. The molecule has 2 aromatic carbocycles. The van der Waals surface area contributed by atoms with E-state index in [1.807, 2.05) is 39.0 Å². The van der Waals surface area contributed by atoms with Crippen molar-refractivity contribution in [1.29, 1.82) is 0 Å². The monoisotopic (exact) mass is 670 g/mol. The molecule has 2 aliphatic heterocycles. The number of carbonyl (C=O) groups excluding carboxylic acids is 1. The van der Waals surface area contributed by atoms with Crippen molar-refractivity contribution in [3.63, 3.8) is 0 Å². The Hall–Kier alpha value is -4.59. The molecule has 3 heterocycles. The third kappa shape index (κ3) is 8.27. The van der Waals surface area contributed by atoms with E-state index in [2.05, 4.69) is 25.1 Å². The Kier molecular flexibility index (Phi) is 10.9. The van der Waals surface area contributed by atoms with Crippen molar-refractivity contribution in [2.24, 2.45) is 0 Å². The lowest BCUT2D eigenvalue weighted by molar-refractivity contribution is 0.00901. The van der Waals surface area contributed by atoms with Crippen LogP contribution in [-0.4, -0.2) is 98.1 Å². The Balaban J connectivity index is 1.13. The zero-order valence-corrected chi connectivity index (χ0v) is 28.3. The van der Waals surface area contributed by atoms with Crippen molar-refractivity contribution in [3.8, 4) is 23.0 Å². The number of aromatic nitrogens is 2. The molecule has 12 nitrogen and oxygen atoms in total. The SMILES string of the molecule is COc1cc(Nc2ncc(OCc3c(F)c(OC)cc(OC)c3F)cn2)ccc1N1CCC(N2CCN(C(=O)OC(C)(C)C)CC2)CC1. The number of amides is 1. The summed E-state index contributed by atoms with van der Waals surface area (Å²) in [4.78, 5) is 27.6. The van der Waals surface area contributed by atoms with E-state index in [-0.39, 0.29) is 28.9 Å². The van der Waals surface area contributed by atoms with Crippen LogP contribution in [0, 0.1) is 11.6 Å². The highest BCUT2D eigenvalue weighted by Crippen LogP contribution is 2.35. The van der Waals surface area contributed by atoms with Gasteiger partial charge in [-0.3, -0.25) is 4.90 Å². The highest BCUT2D eigenvalue weighted by molar-refractivity contribution is 5.68. The first-order chi connectivity index (χ1) is 23.0. The Morgan fingerprint density at radius 3 is 2.04 bits per heavy atom. The molecule has 48 heavy (non-hydrogen) atoms. The van der Waals surface area contributed by atoms with Crippen LogP contribution in [0.2, 0.25) is 0 Å². The smallest absolute Gasteiger partial charge is 0.410 e. The fraction of sp³-hybridized carbons (Fsp3) is 0.500. The number of nitrogens with zero attached hydrogens (tertiary/aromatic N) is 5. The van der Waals surface area contributed by atoms with Crippen LogP contribution in [0.15, 0.2) is 36.7 Å². The fourth-order valence-electron chi connectivity index (χ4n) is 5.89. The highest BCUT2D eigenvalue weighted by Gasteiger charge is 2.31. The van der Waals surface area contributed by atoms with E-state index in [0.717, 1.165) is 62.2 Å². The van der Waals surface area contributed by atoms with Gasteiger partial charge in [0.25, 0.3) is 0 Å². The van der Waals surface area contributed by atoms with Gasteiger partial charge in [-0.1, -0.05) is 0 Å². The number of piperazine rings is 1. The first kappa shape index (κ1) is 34.7. The van der Waals surface area contributed by atoms with Crippen LogP contribution in [0.1, 0.15) is 39.2 Å². The lowest BCUT2D eigenvalue weighted by Gasteiger charge is -2.43. The number of piperidine rings is 1. The highest BCUT2D eigenvalue weighted by atomic mass is 19.1. The normalized spacial score (nSPS) is 16.0. The molecule has 1 aromatic heterocycles. The lowest BCUT2D eigenvalue weighted by Crippen LogP contribution is -2.55. The summed E-state index contributed by atoms with van der Waals surface area (Å²) in [7, 11) is 4.21. The van der Waals surface area contributed by atoms with Gasteiger partial charge in [0.05, 0.1) is 45.0 Å². The molecule has 0 radical (unpaired) electrons. The maximum atomic E-state index is 14.7. The van der Waals surface area contributed by atoms with Gasteiger partial charge in [-0.05, 0) is 45.7 Å². The Labute approximate surface area is 279 Å². The summed E-state index contributed by atoms with van der Waals surface area (Å²) in [5.41, 5.74) is 0.917. The Bertz CT molecular complexity index is 1530. The van der Waals surface area contributed by atoms with Gasteiger partial charge >= 0.3 is 6.09 Å². The number of hydrogen-bond acceptors (Lipinski definition) is 11. The second-order valence-electron chi connectivity index (χ2n) is 12.7. The van der Waals surface area contributed by atoms with E-state index in [0.29, 0.717) is 25.1 Å². The van der Waals surface area contributed by atoms with Gasteiger partial charge in [0, 0.05) is 63.1 Å². The minimum absolute atomic E-state index is 0.152. The van der Waals surface area contributed by atoms with Gasteiger partial charge < -0.3 is 38.8 Å². The quantitative estimate of drug-likeness (QED) is 0.290. The molecule has 260 valence electrons. The van der Waals surface area contributed by atoms with E-state index in [1.54, 1.807) is 12.0 Å². The van der Waals surface area contributed by atoms with Crippen LogP contribution in [0.3, 0.4) is 0 Å². The van der Waals surface area contributed by atoms with Gasteiger partial charge in [-0.25, -0.2) is 23.5 Å². The minimum Gasteiger partial charge on any atom is -0.495 e. The Morgan fingerprint density at radius 2 is 1.48 bits per heavy atom. The number of rotatable bonds is 10. The molecule has 5 rings (SSSR count). The van der Waals surface area contributed by atoms with Crippen molar-refractivity contribution in [2.75, 3.05) is 70.8 Å². The maximum Gasteiger partial charge on any atom is 0.410 e. The molecule has 1 N–H and O–H groups in total. The van der Waals surface area contributed by atoms with E-state index >= 15 is 0 Å². The molecule has 0 atom stereocenters. The number of carbonyl (C=O) groups is 1. The molecule has 0 saturated carbocycles. The van der Waals surface area contributed by atoms with Crippen molar-refractivity contribution in [3.05, 3.63) is 53.9 Å². The average molecular weight is 671 g/mol. The van der Waals surface area contributed by atoms with E-state index in [4.69, 9.17) is 23.7 Å². The second kappa shape index (κ2) is 15.1. The van der Waals surface area contributed by atoms with E-state index in [9.17, 15) is 13.6 Å². The van der Waals surface area contributed by atoms with E-state index in [1.165, 1.54) is 26.6 Å². The third-order valence-corrected chi connectivity index (χ3v) is 8.40. The molecule has 1 amide bonds. The van der Waals surface area contributed by atoms with Gasteiger partial charge in [0.2, 0.25) is 5.95 Å². The summed E-state index contributed by atoms with van der Waals surface area (Å²) in [6.07, 6.45) is 4.62. The first-order valence-electron chi connectivity index (χ1n) is 15.9. The van der Waals surface area contributed by atoms with Crippen LogP contribution >= 0.6 is 0 Å². The standard InChI is InChI=1S/C34H44F2N6O6/c1-34(2,3)48-33(43)42-15-13-40(14-16-42)23-9-11-41(12-10-23)26-8-7-22(17-27(26)44-4)39-32-37-19-24(20-38-32)47-21-25-30(35)28(45-5)18-29(46-6)31(25)36/h7-8,17-20,23H,9-16,21H2,1-6H3,(H,37,38,39). The maximum absolute atomic E-state index is 14.7. The molecule has 3 aromatic rings. The molecule has 2 aliphatic rings. The second-order valence-corrected chi connectivity index (χ2v) is 12.7. The van der Waals surface area contributed by atoms with Crippen molar-refractivity contribution < 1.29 is 37.3 Å². The van der Waals surface area contributed by atoms with Gasteiger partial charge in [-0.15, -0.1) is 0 Å². The Morgan fingerprint density at radius 1 is 0.875 bits per heavy atom. The molecule has 0 aliphatic carbocycles. The van der Waals surface area contributed by atoms with Crippen LogP contribution in [0.5, 0.6) is 23.0 Å². The predicted octanol–water partition coefficient (Wildman–Crippen LogP) is 5.62. The zero-order chi connectivity index (χ0) is 34.4. The van der Waals surface area contributed by atoms with Crippen LogP contribution < -0.4 is 29.2 Å². The number of nitrogens with one attached hydrogen (secondary N) is 1. The largest absolute Gasteiger partial charge is 0.495 e. The summed E-state index contributed by atoms with van der Waals surface area (Å²) in [6, 6.07) is 7.46. The third-order valence-electron chi connectivity index (χ3n) is 8.40. The van der Waals surface area contributed by atoms with Gasteiger partial charge in [0.15, 0.2) is 28.9 Å². The minimum atomic E-state index is -0.869. The number of methoxy groups -OCH3 is 3. The molecule has 0 bridgehead atoms. The molecule has 0 spiro atoms. The first-order valence-corrected chi connectivity index (χ1v) is 15.9. The number of ether oxygens (including phenoxy) is 5. The summed E-state index contributed by atoms with van der Waals surface area (Å²) in [5, 5.41) is 3.16. The number of hydrogen-bond donors (Lipinski definition) is 1. The van der Waals surface area contributed by atoms with Crippen LogP contribution in [0.4, 0.5) is 30.9 Å². The topological polar surface area (TPSA) is 111 Å². The van der Waals surface area contributed by atoms with Gasteiger partial charge in [-0.2, -0.15) is 0 Å². The number of halogens is 2. The fourth-order valence-corrected chi connectivity index (χ4v) is 5.89. The molecule has 2 saturated heterocycles. The average Bonchev–Trinajstić information content (AvgIpc) is 3.08. The van der Waals surface area contributed by atoms with Crippen LogP contribution in [0.25, 0.3) is 0 Å². The number of anilines is 3. The van der Waals surface area contributed by atoms with Crippen molar-refractivity contribution in [1.82, 2.24) is 19.8 Å². The number of benzene rings is 2. The summed E-state index contributed by atoms with van der Waals surface area (Å²) in [6.45, 7) is 10.1. The summed E-state index contributed by atoms with van der Waals surface area (Å²) in [5.74, 6) is -0.783. The van der Waals surface area contributed by atoms with Crippen molar-refractivity contribution >= 4 is 23.4 Å². The van der Waals surface area contributed by atoms with E-state index < -0.39 is 23.8 Å². The van der Waals surface area contributed by atoms with Gasteiger partial charge in [0.1, 0.15) is 18.0 Å². The predicted molar refractivity (Wildman–Crippen MR) is 177 cm³/mol. The van der Waals surface area contributed by atoms with Crippen molar-refractivity contribution in [2.45, 2.75) is 51.9 Å².